The number of halogens is 1. The number of β-amino-alcohol motifs (C(OH)–C–C–N with tert-alkyl or cyclic N) is 1. The predicted octanol–water partition coefficient (Wildman–Crippen LogP) is 1.38. The first-order valence-electron chi connectivity index (χ1n) is 4.83. The number of aromatic hydroxyl groups is 1. The van der Waals surface area contributed by atoms with E-state index in [0.29, 0.717) is 13.0 Å². The molecule has 0 spiro atoms. The van der Waals surface area contributed by atoms with Crippen LogP contribution in [0.2, 0.25) is 0 Å². The minimum Gasteiger partial charge on any atom is -0.508 e. The van der Waals surface area contributed by atoms with Crippen LogP contribution >= 0.6 is 12.4 Å². The summed E-state index contributed by atoms with van der Waals surface area (Å²) in [7, 11) is 0. The Kier molecular flexibility index (Phi) is 3.60. The molecule has 2 atom stereocenters. The molecule has 0 aromatic heterocycles. The summed E-state index contributed by atoms with van der Waals surface area (Å²) < 4.78 is 0. The molecular weight excluding hydrogens is 214 g/mol. The Labute approximate surface area is 95.5 Å². The summed E-state index contributed by atoms with van der Waals surface area (Å²) >= 11 is 0. The van der Waals surface area contributed by atoms with Crippen molar-refractivity contribution in [2.45, 2.75) is 25.0 Å². The molecule has 0 bridgehead atoms. The average molecular weight is 230 g/mol. The molecule has 2 rings (SSSR count). The Morgan fingerprint density at radius 1 is 1.47 bits per heavy atom. The van der Waals surface area contributed by atoms with E-state index in [4.69, 9.17) is 0 Å². The van der Waals surface area contributed by atoms with Crippen LogP contribution in [0.4, 0.5) is 0 Å². The number of hydrogen-bond donors (Lipinski definition) is 3. The number of rotatable bonds is 1. The van der Waals surface area contributed by atoms with E-state index >= 15 is 0 Å². The van der Waals surface area contributed by atoms with E-state index in [-0.39, 0.29) is 29.8 Å². The third-order valence-electron chi connectivity index (χ3n) is 2.86. The number of phenols is 1. The Morgan fingerprint density at radius 2 is 2.20 bits per heavy atom. The van der Waals surface area contributed by atoms with E-state index in [1.54, 1.807) is 12.1 Å². The number of nitrogens with one attached hydrogen (secondary N) is 1. The van der Waals surface area contributed by atoms with Crippen molar-refractivity contribution in [3.63, 3.8) is 0 Å². The number of phenolic OH excluding ortho intramolecular Hbond substituents is 1. The second kappa shape index (κ2) is 4.39. The van der Waals surface area contributed by atoms with Crippen molar-refractivity contribution < 1.29 is 10.2 Å². The van der Waals surface area contributed by atoms with Gasteiger partial charge in [0.05, 0.1) is 6.10 Å². The molecule has 1 fully saturated rings. The van der Waals surface area contributed by atoms with Gasteiger partial charge in [0, 0.05) is 12.1 Å². The molecule has 1 aromatic carbocycles. The van der Waals surface area contributed by atoms with Gasteiger partial charge >= 0.3 is 0 Å². The minimum absolute atomic E-state index is 0. The number of aliphatic hydroxyl groups excluding tert-OH is 1. The molecule has 0 amide bonds. The molecular formula is C11H16ClNO2. The molecule has 0 saturated carbocycles. The molecule has 1 aliphatic heterocycles. The third kappa shape index (κ3) is 2.43. The fourth-order valence-corrected chi connectivity index (χ4v) is 2.03. The first-order chi connectivity index (χ1) is 6.60. The van der Waals surface area contributed by atoms with Crippen molar-refractivity contribution in [3.8, 4) is 5.75 Å². The molecule has 4 heteroatoms. The summed E-state index contributed by atoms with van der Waals surface area (Å²) in [6, 6.07) is 7.18. The second-order valence-corrected chi connectivity index (χ2v) is 4.12. The van der Waals surface area contributed by atoms with Gasteiger partial charge in [-0.1, -0.05) is 12.1 Å². The van der Waals surface area contributed by atoms with Gasteiger partial charge < -0.3 is 15.5 Å². The molecule has 1 saturated heterocycles. The van der Waals surface area contributed by atoms with E-state index in [0.717, 1.165) is 5.56 Å². The number of benzene rings is 1. The lowest BCUT2D eigenvalue weighted by Gasteiger charge is -2.24. The van der Waals surface area contributed by atoms with Gasteiger partial charge in [-0.05, 0) is 31.0 Å². The highest BCUT2D eigenvalue weighted by Gasteiger charge is 2.35. The van der Waals surface area contributed by atoms with Gasteiger partial charge in [-0.15, -0.1) is 12.4 Å². The maximum Gasteiger partial charge on any atom is 0.115 e. The van der Waals surface area contributed by atoms with Crippen molar-refractivity contribution in [1.82, 2.24) is 5.32 Å². The maximum atomic E-state index is 9.47. The molecule has 3 N–H and O–H groups in total. The van der Waals surface area contributed by atoms with E-state index in [1.807, 2.05) is 19.1 Å². The zero-order valence-corrected chi connectivity index (χ0v) is 9.42. The zero-order chi connectivity index (χ0) is 10.2. The van der Waals surface area contributed by atoms with Gasteiger partial charge in [-0.25, -0.2) is 0 Å². The molecule has 1 aliphatic rings. The van der Waals surface area contributed by atoms with E-state index in [2.05, 4.69) is 5.32 Å². The van der Waals surface area contributed by atoms with Crippen LogP contribution in [0.1, 0.15) is 18.9 Å². The molecule has 0 radical (unpaired) electrons. The van der Waals surface area contributed by atoms with Crippen LogP contribution < -0.4 is 5.32 Å². The van der Waals surface area contributed by atoms with E-state index in [1.165, 1.54) is 0 Å². The standard InChI is InChI=1S/C11H15NO2.ClH/c1-11(6-10(14)7-12-11)8-3-2-4-9(13)5-8;/h2-5,10,12-14H,6-7H2,1H3;1H. The van der Waals surface area contributed by atoms with Crippen LogP contribution in [-0.2, 0) is 5.54 Å². The van der Waals surface area contributed by atoms with Gasteiger partial charge in [0.1, 0.15) is 5.75 Å². The van der Waals surface area contributed by atoms with Crippen LogP contribution in [0.5, 0.6) is 5.75 Å². The van der Waals surface area contributed by atoms with Crippen molar-refractivity contribution >= 4 is 12.4 Å². The maximum absolute atomic E-state index is 9.47. The minimum atomic E-state index is -0.289. The van der Waals surface area contributed by atoms with Gasteiger partial charge in [-0.3, -0.25) is 0 Å². The Morgan fingerprint density at radius 3 is 2.73 bits per heavy atom. The van der Waals surface area contributed by atoms with Crippen molar-refractivity contribution in [2.75, 3.05) is 6.54 Å². The quantitative estimate of drug-likeness (QED) is 0.682. The van der Waals surface area contributed by atoms with Crippen LogP contribution in [-0.4, -0.2) is 22.9 Å². The highest BCUT2D eigenvalue weighted by Crippen LogP contribution is 2.31. The van der Waals surface area contributed by atoms with Gasteiger partial charge in [-0.2, -0.15) is 0 Å². The summed E-state index contributed by atoms with van der Waals surface area (Å²) in [5.41, 5.74) is 0.812. The summed E-state index contributed by atoms with van der Waals surface area (Å²) in [4.78, 5) is 0. The summed E-state index contributed by atoms with van der Waals surface area (Å²) in [6.07, 6.45) is 0.401. The topological polar surface area (TPSA) is 52.5 Å². The van der Waals surface area contributed by atoms with Crippen LogP contribution in [0.3, 0.4) is 0 Å². The highest BCUT2D eigenvalue weighted by atomic mass is 35.5. The SMILES string of the molecule is CC1(c2cccc(O)c2)CC(O)CN1.Cl. The van der Waals surface area contributed by atoms with Crippen molar-refractivity contribution in [2.24, 2.45) is 0 Å². The molecule has 15 heavy (non-hydrogen) atoms. The third-order valence-corrected chi connectivity index (χ3v) is 2.86. The lowest BCUT2D eigenvalue weighted by molar-refractivity contribution is 0.186. The lowest BCUT2D eigenvalue weighted by Crippen LogP contribution is -2.32. The average Bonchev–Trinajstić information content (AvgIpc) is 2.48. The Hall–Kier alpha value is -0.770. The highest BCUT2D eigenvalue weighted by molar-refractivity contribution is 5.85. The van der Waals surface area contributed by atoms with Crippen molar-refractivity contribution in [3.05, 3.63) is 29.8 Å². The van der Waals surface area contributed by atoms with Crippen LogP contribution in [0.15, 0.2) is 24.3 Å². The van der Waals surface area contributed by atoms with E-state index < -0.39 is 0 Å². The van der Waals surface area contributed by atoms with Crippen LogP contribution in [0, 0.1) is 0 Å². The van der Waals surface area contributed by atoms with Gasteiger partial charge in [0.25, 0.3) is 0 Å². The summed E-state index contributed by atoms with van der Waals surface area (Å²) in [5.74, 6) is 0.270. The molecule has 1 aromatic rings. The molecule has 0 aliphatic carbocycles. The molecule has 3 nitrogen and oxygen atoms in total. The van der Waals surface area contributed by atoms with Crippen molar-refractivity contribution in [1.29, 1.82) is 0 Å². The molecule has 84 valence electrons. The summed E-state index contributed by atoms with van der Waals surface area (Å²) in [5, 5.41) is 22.1. The Balaban J connectivity index is 0.00000112. The summed E-state index contributed by atoms with van der Waals surface area (Å²) in [6.45, 7) is 2.66. The van der Waals surface area contributed by atoms with Gasteiger partial charge in [0.15, 0.2) is 0 Å². The first-order valence-corrected chi connectivity index (χ1v) is 4.83. The monoisotopic (exact) mass is 229 g/mol. The smallest absolute Gasteiger partial charge is 0.115 e. The largest absolute Gasteiger partial charge is 0.508 e. The second-order valence-electron chi connectivity index (χ2n) is 4.12. The molecule has 1 heterocycles. The molecule has 2 unspecified atom stereocenters. The zero-order valence-electron chi connectivity index (χ0n) is 8.60. The Bertz CT molecular complexity index is 345. The van der Waals surface area contributed by atoms with E-state index in [9.17, 15) is 10.2 Å². The predicted molar refractivity (Wildman–Crippen MR) is 61.3 cm³/mol. The number of aliphatic hydroxyl groups is 1. The van der Waals surface area contributed by atoms with Crippen LogP contribution in [0.25, 0.3) is 0 Å². The van der Waals surface area contributed by atoms with Gasteiger partial charge in [0.2, 0.25) is 0 Å². The first kappa shape index (κ1) is 12.3. The lowest BCUT2D eigenvalue weighted by atomic mass is 9.90. The normalized spacial score (nSPS) is 29.9. The fraction of sp³-hybridized carbons (Fsp3) is 0.455. The fourth-order valence-electron chi connectivity index (χ4n) is 2.03. The number of hydrogen-bond acceptors (Lipinski definition) is 3.